The zero-order valence-electron chi connectivity index (χ0n) is 20.3. The van der Waals surface area contributed by atoms with E-state index in [9.17, 15) is 4.79 Å². The van der Waals surface area contributed by atoms with Gasteiger partial charge in [-0.05, 0) is 51.9 Å². The zero-order chi connectivity index (χ0) is 23.1. The van der Waals surface area contributed by atoms with E-state index in [2.05, 4.69) is 44.8 Å². The zero-order valence-corrected chi connectivity index (χ0v) is 21.1. The van der Waals surface area contributed by atoms with Crippen LogP contribution in [0.2, 0.25) is 0 Å². The molecular formula is C24H37N5O2S. The second-order valence-corrected chi connectivity index (χ2v) is 11.5. The van der Waals surface area contributed by atoms with Crippen LogP contribution in [0.3, 0.4) is 0 Å². The monoisotopic (exact) mass is 459 g/mol. The van der Waals surface area contributed by atoms with Crippen LogP contribution in [0.4, 0.5) is 0 Å². The van der Waals surface area contributed by atoms with Crippen LogP contribution in [0.5, 0.6) is 0 Å². The van der Waals surface area contributed by atoms with Crippen molar-refractivity contribution in [3.63, 3.8) is 0 Å². The number of carbonyl (C=O) groups is 1. The fourth-order valence-electron chi connectivity index (χ4n) is 4.73. The third-order valence-electron chi connectivity index (χ3n) is 6.65. The van der Waals surface area contributed by atoms with Crippen molar-refractivity contribution in [1.29, 1.82) is 0 Å². The Labute approximate surface area is 195 Å². The molecule has 1 unspecified atom stereocenters. The van der Waals surface area contributed by atoms with Gasteiger partial charge >= 0.3 is 0 Å². The van der Waals surface area contributed by atoms with Gasteiger partial charge in [-0.1, -0.05) is 13.8 Å². The molecule has 1 N–H and O–H groups in total. The third-order valence-corrected chi connectivity index (χ3v) is 7.88. The van der Waals surface area contributed by atoms with Crippen LogP contribution in [-0.2, 0) is 10.3 Å². The largest absolute Gasteiger partial charge is 0.379 e. The summed E-state index contributed by atoms with van der Waals surface area (Å²) in [6.45, 7) is 16.6. The maximum atomic E-state index is 13.6. The molecule has 7 nitrogen and oxygen atoms in total. The second kappa shape index (κ2) is 8.95. The van der Waals surface area contributed by atoms with E-state index in [1.54, 1.807) is 0 Å². The molecule has 1 atom stereocenters. The number of nitrogens with one attached hydrogen (secondary N) is 1. The first-order chi connectivity index (χ1) is 15.1. The summed E-state index contributed by atoms with van der Waals surface area (Å²) in [4.78, 5) is 21.1. The first-order valence-electron chi connectivity index (χ1n) is 11.7. The number of hydrogen-bond acceptors (Lipinski definition) is 6. The fraction of sp³-hybridized carbons (Fsp3) is 0.708. The van der Waals surface area contributed by atoms with E-state index in [0.717, 1.165) is 66.7 Å². The van der Waals surface area contributed by atoms with Crippen LogP contribution < -0.4 is 5.32 Å². The molecule has 2 saturated heterocycles. The van der Waals surface area contributed by atoms with Gasteiger partial charge in [0.15, 0.2) is 5.65 Å². The van der Waals surface area contributed by atoms with Crippen LogP contribution >= 0.6 is 11.8 Å². The van der Waals surface area contributed by atoms with Crippen molar-refractivity contribution in [2.45, 2.75) is 65.0 Å². The lowest BCUT2D eigenvalue weighted by Gasteiger charge is -2.43. The highest BCUT2D eigenvalue weighted by molar-refractivity contribution is 7.99. The number of rotatable bonds is 5. The molecule has 2 aromatic heterocycles. The van der Waals surface area contributed by atoms with E-state index in [4.69, 9.17) is 14.8 Å². The Balaban J connectivity index is 1.67. The number of pyridine rings is 1. The molecule has 8 heteroatoms. The lowest BCUT2D eigenvalue weighted by atomic mass is 9.95. The summed E-state index contributed by atoms with van der Waals surface area (Å²) >= 11 is 1.98. The molecule has 2 aliphatic rings. The lowest BCUT2D eigenvalue weighted by Crippen LogP contribution is -2.59. The molecule has 0 aromatic carbocycles. The normalized spacial score (nSPS) is 22.7. The third kappa shape index (κ3) is 4.41. The summed E-state index contributed by atoms with van der Waals surface area (Å²) in [5, 5.41) is 8.95. The number of thioether (sulfide) groups is 1. The minimum absolute atomic E-state index is 0.0156. The van der Waals surface area contributed by atoms with Crippen LogP contribution in [0.1, 0.15) is 68.7 Å². The van der Waals surface area contributed by atoms with Gasteiger partial charge in [0.25, 0.3) is 5.91 Å². The van der Waals surface area contributed by atoms with E-state index in [1.807, 2.05) is 29.4 Å². The van der Waals surface area contributed by atoms with Gasteiger partial charge in [-0.25, -0.2) is 9.67 Å². The van der Waals surface area contributed by atoms with Gasteiger partial charge in [-0.15, -0.1) is 0 Å². The number of carbonyl (C=O) groups excluding carboxylic acids is 1. The number of morpholine rings is 1. The topological polar surface area (TPSA) is 72.3 Å². The number of aryl methyl sites for hydroxylation is 1. The van der Waals surface area contributed by atoms with Crippen molar-refractivity contribution in [2.24, 2.45) is 0 Å². The van der Waals surface area contributed by atoms with E-state index < -0.39 is 0 Å². The van der Waals surface area contributed by atoms with Crippen LogP contribution in [0, 0.1) is 6.92 Å². The molecular weight excluding hydrogens is 422 g/mol. The highest BCUT2D eigenvalue weighted by Gasteiger charge is 2.41. The Morgan fingerprint density at radius 3 is 2.62 bits per heavy atom. The maximum absolute atomic E-state index is 13.6. The van der Waals surface area contributed by atoms with Gasteiger partial charge in [-0.2, -0.15) is 16.9 Å². The Bertz CT molecular complexity index is 982. The first kappa shape index (κ1) is 23.5. The van der Waals surface area contributed by atoms with Crippen LogP contribution in [-0.4, -0.2) is 75.5 Å². The van der Waals surface area contributed by atoms with Gasteiger partial charge in [0.2, 0.25) is 0 Å². The summed E-state index contributed by atoms with van der Waals surface area (Å²) < 4.78 is 7.54. The molecule has 176 valence electrons. The number of ether oxygens (including phenoxy) is 1. The number of amides is 1. The predicted molar refractivity (Wildman–Crippen MR) is 131 cm³/mol. The molecule has 4 rings (SSSR count). The first-order valence-corrected chi connectivity index (χ1v) is 12.9. The summed E-state index contributed by atoms with van der Waals surface area (Å²) in [7, 11) is 0. The fourth-order valence-corrected chi connectivity index (χ4v) is 6.20. The number of fused-ring (bicyclic) bond motifs is 1. The summed E-state index contributed by atoms with van der Waals surface area (Å²) in [6.07, 6.45) is 1.10. The molecule has 2 aromatic rings. The molecule has 2 aliphatic heterocycles. The SMILES string of the molecule is Cc1nn(C(C)(C)C)c2nc(C(C)C)cc(C(=O)NCC3(N4CCOCC4)CCSC3)c12. The summed E-state index contributed by atoms with van der Waals surface area (Å²) in [6, 6.07) is 1.97. The lowest BCUT2D eigenvalue weighted by molar-refractivity contribution is -0.0129. The molecule has 0 radical (unpaired) electrons. The average molecular weight is 460 g/mol. The van der Waals surface area contributed by atoms with E-state index >= 15 is 0 Å². The van der Waals surface area contributed by atoms with E-state index in [1.165, 1.54) is 0 Å². The van der Waals surface area contributed by atoms with Gasteiger partial charge in [-0.3, -0.25) is 9.69 Å². The van der Waals surface area contributed by atoms with Crippen molar-refractivity contribution in [3.8, 4) is 0 Å². The molecule has 32 heavy (non-hydrogen) atoms. The van der Waals surface area contributed by atoms with Crippen molar-refractivity contribution < 1.29 is 9.53 Å². The van der Waals surface area contributed by atoms with Crippen molar-refractivity contribution in [1.82, 2.24) is 25.0 Å². The van der Waals surface area contributed by atoms with Crippen molar-refractivity contribution in [3.05, 3.63) is 23.0 Å². The Morgan fingerprint density at radius 1 is 1.31 bits per heavy atom. The molecule has 0 bridgehead atoms. The van der Waals surface area contributed by atoms with Crippen LogP contribution in [0.25, 0.3) is 11.0 Å². The van der Waals surface area contributed by atoms with Gasteiger partial charge in [0.1, 0.15) is 0 Å². The Hall–Kier alpha value is -1.64. The highest BCUT2D eigenvalue weighted by atomic mass is 32.2. The molecule has 1 amide bonds. The number of hydrogen-bond donors (Lipinski definition) is 1. The number of nitrogens with zero attached hydrogens (tertiary/aromatic N) is 4. The predicted octanol–water partition coefficient (Wildman–Crippen LogP) is 3.56. The quantitative estimate of drug-likeness (QED) is 0.737. The van der Waals surface area contributed by atoms with Gasteiger partial charge in [0, 0.05) is 36.6 Å². The Kier molecular flexibility index (Phi) is 6.58. The van der Waals surface area contributed by atoms with Crippen molar-refractivity contribution >= 4 is 28.7 Å². The second-order valence-electron chi connectivity index (χ2n) is 10.4. The molecule has 4 heterocycles. The summed E-state index contributed by atoms with van der Waals surface area (Å²) in [5.41, 5.74) is 3.06. The minimum Gasteiger partial charge on any atom is -0.379 e. The molecule has 0 saturated carbocycles. The minimum atomic E-state index is -0.218. The maximum Gasteiger partial charge on any atom is 0.252 e. The Morgan fingerprint density at radius 2 is 2.03 bits per heavy atom. The van der Waals surface area contributed by atoms with E-state index in [-0.39, 0.29) is 22.9 Å². The van der Waals surface area contributed by atoms with Gasteiger partial charge in [0.05, 0.1) is 35.4 Å². The van der Waals surface area contributed by atoms with E-state index in [0.29, 0.717) is 12.1 Å². The average Bonchev–Trinajstić information content (AvgIpc) is 3.37. The molecule has 0 aliphatic carbocycles. The smallest absolute Gasteiger partial charge is 0.252 e. The van der Waals surface area contributed by atoms with Gasteiger partial charge < -0.3 is 10.1 Å². The number of aromatic nitrogens is 3. The highest BCUT2D eigenvalue weighted by Crippen LogP contribution is 2.34. The standard InChI is InChI=1S/C24H37N5O2S/c1-16(2)19-13-18(20-17(3)27-29(21(20)26-19)23(4,5)6)22(30)25-14-24(7-12-32-15-24)28-8-10-31-11-9-28/h13,16H,7-12,14-15H2,1-6H3,(H,25,30). The van der Waals surface area contributed by atoms with Crippen molar-refractivity contribution in [2.75, 3.05) is 44.4 Å². The molecule has 0 spiro atoms. The molecule has 2 fully saturated rings. The summed E-state index contributed by atoms with van der Waals surface area (Å²) in [5.74, 6) is 2.39. The van der Waals surface area contributed by atoms with Crippen LogP contribution in [0.15, 0.2) is 6.07 Å².